The first kappa shape index (κ1) is 34.1. The van der Waals surface area contributed by atoms with E-state index in [9.17, 15) is 29.7 Å². The molecule has 0 spiro atoms. The summed E-state index contributed by atoms with van der Waals surface area (Å²) in [5.74, 6) is -5.24. The van der Waals surface area contributed by atoms with E-state index in [-0.39, 0.29) is 24.1 Å². The monoisotopic (exact) mass is 511 g/mol. The molecule has 7 nitrogen and oxygen atoms in total. The molecule has 0 rings (SSSR count). The van der Waals surface area contributed by atoms with Gasteiger partial charge in [0.1, 0.15) is 11.8 Å². The zero-order valence-electron chi connectivity index (χ0n) is 23.4. The predicted octanol–water partition coefficient (Wildman–Crippen LogP) is 5.28. The summed E-state index contributed by atoms with van der Waals surface area (Å²) in [5, 5.41) is 30.4. The Bertz CT molecular complexity index is 593. The van der Waals surface area contributed by atoms with E-state index in [0.717, 1.165) is 25.7 Å². The zero-order valence-corrected chi connectivity index (χ0v) is 23.4. The zero-order chi connectivity index (χ0) is 27.4. The van der Waals surface area contributed by atoms with E-state index >= 15 is 0 Å². The lowest BCUT2D eigenvalue weighted by atomic mass is 10.00. The highest BCUT2D eigenvalue weighted by Gasteiger charge is 2.36. The normalized spacial score (nSPS) is 15.9. The number of carboxylic acid groups (broad SMARTS) is 3. The third-order valence-electron chi connectivity index (χ3n) is 7.12. The number of carboxylic acids is 3. The molecule has 0 radical (unpaired) electrons. The second-order valence-electron chi connectivity index (χ2n) is 10.9. The molecule has 0 aliphatic carbocycles. The van der Waals surface area contributed by atoms with Gasteiger partial charge in [-0.15, -0.1) is 0 Å². The summed E-state index contributed by atoms with van der Waals surface area (Å²) in [5.41, 5.74) is 0. The lowest BCUT2D eigenvalue weighted by Gasteiger charge is -2.43. The van der Waals surface area contributed by atoms with Gasteiger partial charge in [-0.05, 0) is 52.4 Å². The Kier molecular flexibility index (Phi) is 19.1. The van der Waals surface area contributed by atoms with Gasteiger partial charge in [-0.3, -0.25) is 9.59 Å². The van der Waals surface area contributed by atoms with Gasteiger partial charge in [-0.25, -0.2) is 0 Å². The molecule has 0 aromatic carbocycles. The molecule has 7 heteroatoms. The maximum atomic E-state index is 11.6. The molecule has 0 aliphatic heterocycles. The Morgan fingerprint density at radius 1 is 0.667 bits per heavy atom. The molecule has 3 unspecified atom stereocenters. The molecule has 0 aromatic rings. The first-order valence-electron chi connectivity index (χ1n) is 14.2. The molecule has 0 aromatic heterocycles. The average molecular weight is 512 g/mol. The molecule has 0 saturated carbocycles. The van der Waals surface area contributed by atoms with Gasteiger partial charge in [0.2, 0.25) is 0 Å². The van der Waals surface area contributed by atoms with Crippen molar-refractivity contribution in [3.63, 3.8) is 0 Å². The van der Waals surface area contributed by atoms with Gasteiger partial charge in [0.15, 0.2) is 0 Å². The minimum Gasteiger partial charge on any atom is -0.550 e. The fourth-order valence-corrected chi connectivity index (χ4v) is 4.99. The van der Waals surface area contributed by atoms with E-state index in [1.165, 1.54) is 57.8 Å². The van der Waals surface area contributed by atoms with Gasteiger partial charge >= 0.3 is 11.9 Å². The van der Waals surface area contributed by atoms with Crippen molar-refractivity contribution in [2.24, 2.45) is 17.8 Å². The third kappa shape index (κ3) is 16.7. The second-order valence-corrected chi connectivity index (χ2v) is 10.9. The fraction of sp³-hybridized carbons (Fsp3) is 0.828. The summed E-state index contributed by atoms with van der Waals surface area (Å²) in [6, 6.07) is 0. The quantitative estimate of drug-likeness (QED) is 0.104. The van der Waals surface area contributed by atoms with Crippen molar-refractivity contribution >= 4 is 17.9 Å². The molecule has 0 heterocycles. The van der Waals surface area contributed by atoms with Crippen molar-refractivity contribution < 1.29 is 34.2 Å². The molecule has 0 saturated heterocycles. The van der Waals surface area contributed by atoms with Crippen LogP contribution in [0.4, 0.5) is 0 Å². The molecular weight excluding hydrogens is 458 g/mol. The molecular formula is C29H53NO6. The predicted molar refractivity (Wildman–Crippen MR) is 142 cm³/mol. The SMILES string of the molecule is CCCCC/C=C/CCCCCCCCCC[N+](CC(C)C(=O)[O-])(CC(C)C(=O)O)CC(C)C(=O)O. The van der Waals surface area contributed by atoms with E-state index < -0.39 is 35.7 Å². The van der Waals surface area contributed by atoms with Crippen LogP contribution in [0.3, 0.4) is 0 Å². The van der Waals surface area contributed by atoms with Crippen LogP contribution < -0.4 is 5.11 Å². The molecule has 0 amide bonds. The largest absolute Gasteiger partial charge is 0.550 e. The van der Waals surface area contributed by atoms with Crippen LogP contribution in [0.2, 0.25) is 0 Å². The second kappa shape index (κ2) is 20.2. The van der Waals surface area contributed by atoms with Crippen LogP contribution >= 0.6 is 0 Å². The van der Waals surface area contributed by atoms with Gasteiger partial charge in [0.05, 0.1) is 26.2 Å². The van der Waals surface area contributed by atoms with Crippen molar-refractivity contribution in [3.8, 4) is 0 Å². The van der Waals surface area contributed by atoms with E-state index in [4.69, 9.17) is 0 Å². The summed E-state index contributed by atoms with van der Waals surface area (Å²) >= 11 is 0. The highest BCUT2D eigenvalue weighted by molar-refractivity contribution is 5.70. The first-order chi connectivity index (χ1) is 17.0. The highest BCUT2D eigenvalue weighted by atomic mass is 16.4. The Hall–Kier alpha value is -1.89. The topological polar surface area (TPSA) is 115 Å². The molecule has 0 fully saturated rings. The third-order valence-corrected chi connectivity index (χ3v) is 7.12. The number of hydrogen-bond acceptors (Lipinski definition) is 4. The number of rotatable bonds is 24. The van der Waals surface area contributed by atoms with Gasteiger partial charge in [0.25, 0.3) is 0 Å². The maximum Gasteiger partial charge on any atom is 0.311 e. The Morgan fingerprint density at radius 2 is 1.06 bits per heavy atom. The summed E-state index contributed by atoms with van der Waals surface area (Å²) in [6.07, 6.45) is 19.8. The van der Waals surface area contributed by atoms with E-state index in [1.807, 2.05) is 0 Å². The summed E-state index contributed by atoms with van der Waals surface area (Å²) in [7, 11) is 0. The van der Waals surface area contributed by atoms with Crippen LogP contribution in [0.15, 0.2) is 12.2 Å². The van der Waals surface area contributed by atoms with Crippen molar-refractivity contribution in [1.29, 1.82) is 0 Å². The highest BCUT2D eigenvalue weighted by Crippen LogP contribution is 2.22. The molecule has 2 N–H and O–H groups in total. The lowest BCUT2D eigenvalue weighted by molar-refractivity contribution is -0.934. The minimum atomic E-state index is -1.18. The van der Waals surface area contributed by atoms with E-state index in [0.29, 0.717) is 6.54 Å². The molecule has 210 valence electrons. The van der Waals surface area contributed by atoms with Crippen molar-refractivity contribution in [2.45, 2.75) is 111 Å². The van der Waals surface area contributed by atoms with Crippen LogP contribution in [0.25, 0.3) is 0 Å². The van der Waals surface area contributed by atoms with E-state index in [2.05, 4.69) is 19.1 Å². The smallest absolute Gasteiger partial charge is 0.311 e. The lowest BCUT2D eigenvalue weighted by Crippen LogP contribution is -2.58. The maximum absolute atomic E-state index is 11.6. The van der Waals surface area contributed by atoms with Crippen LogP contribution in [0.5, 0.6) is 0 Å². The number of hydrogen-bond donors (Lipinski definition) is 2. The number of quaternary nitrogens is 1. The van der Waals surface area contributed by atoms with Crippen molar-refractivity contribution in [2.75, 3.05) is 26.2 Å². The van der Waals surface area contributed by atoms with Gasteiger partial charge < -0.3 is 24.6 Å². The van der Waals surface area contributed by atoms with Gasteiger partial charge in [-0.2, -0.15) is 0 Å². The number of unbranched alkanes of at least 4 members (excludes halogenated alkanes) is 11. The number of nitrogens with zero attached hydrogens (tertiary/aromatic N) is 1. The number of allylic oxidation sites excluding steroid dienone is 2. The number of aliphatic carboxylic acids is 3. The van der Waals surface area contributed by atoms with Crippen LogP contribution in [-0.2, 0) is 14.4 Å². The molecule has 36 heavy (non-hydrogen) atoms. The molecule has 0 aliphatic rings. The van der Waals surface area contributed by atoms with Gasteiger partial charge in [-0.1, -0.05) is 70.9 Å². The van der Waals surface area contributed by atoms with Crippen LogP contribution in [0.1, 0.15) is 111 Å². The first-order valence-corrected chi connectivity index (χ1v) is 14.2. The number of carbonyl (C=O) groups is 3. The summed E-state index contributed by atoms with van der Waals surface area (Å²) in [4.78, 5) is 34.6. The number of carbonyl (C=O) groups excluding carboxylic acids is 1. The van der Waals surface area contributed by atoms with Crippen LogP contribution in [0, 0.1) is 17.8 Å². The van der Waals surface area contributed by atoms with Crippen molar-refractivity contribution in [1.82, 2.24) is 0 Å². The summed E-state index contributed by atoms with van der Waals surface area (Å²) in [6.45, 7) is 8.20. The summed E-state index contributed by atoms with van der Waals surface area (Å²) < 4.78 is 0.183. The average Bonchev–Trinajstić information content (AvgIpc) is 2.81. The molecule has 0 bridgehead atoms. The van der Waals surface area contributed by atoms with Crippen molar-refractivity contribution in [3.05, 3.63) is 12.2 Å². The van der Waals surface area contributed by atoms with Crippen LogP contribution in [-0.4, -0.2) is 58.8 Å². The molecule has 3 atom stereocenters. The Balaban J connectivity index is 4.59. The Labute approximate surface area is 219 Å². The fourth-order valence-electron chi connectivity index (χ4n) is 4.99. The standard InChI is InChI=1S/C29H53NO6/c1-5-6-7-8-9-10-11-12-13-14-15-16-17-18-19-20-30(21-24(2)27(31)32,22-25(3)28(33)34)23-26(4)29(35)36/h9-10,24-26H,5-8,11-23H2,1-4H3,(H2-,31,32,33,34,35,36)/b10-9+. The van der Waals surface area contributed by atoms with E-state index in [1.54, 1.807) is 20.8 Å². The minimum absolute atomic E-state index is 0.183. The Morgan fingerprint density at radius 3 is 1.47 bits per heavy atom. The van der Waals surface area contributed by atoms with Gasteiger partial charge in [0, 0.05) is 11.9 Å².